The van der Waals surface area contributed by atoms with Crippen molar-refractivity contribution in [3.05, 3.63) is 29.3 Å². The van der Waals surface area contributed by atoms with Crippen molar-refractivity contribution in [3.63, 3.8) is 0 Å². The number of benzene rings is 1. The molecule has 1 aliphatic heterocycles. The summed E-state index contributed by atoms with van der Waals surface area (Å²) in [5, 5.41) is 0. The fourth-order valence-corrected chi connectivity index (χ4v) is 2.56. The molecule has 2 unspecified atom stereocenters. The van der Waals surface area contributed by atoms with E-state index in [1.165, 1.54) is 0 Å². The molecule has 1 aliphatic rings. The van der Waals surface area contributed by atoms with E-state index < -0.39 is 11.6 Å². The molecule has 2 rings (SSSR count). The summed E-state index contributed by atoms with van der Waals surface area (Å²) in [4.78, 5) is 1.57. The van der Waals surface area contributed by atoms with Gasteiger partial charge in [-0.1, -0.05) is 12.2 Å². The third-order valence-electron chi connectivity index (χ3n) is 3.49. The van der Waals surface area contributed by atoms with Crippen LogP contribution in [0, 0.1) is 11.6 Å². The monoisotopic (exact) mass is 286 g/mol. The first-order valence-electron chi connectivity index (χ1n) is 6.05. The van der Waals surface area contributed by atoms with Crippen molar-refractivity contribution in [2.24, 2.45) is 5.73 Å². The molecule has 1 saturated heterocycles. The Morgan fingerprint density at radius 3 is 2.42 bits per heavy atom. The Morgan fingerprint density at radius 2 is 2.00 bits per heavy atom. The lowest BCUT2D eigenvalue weighted by Crippen LogP contribution is -2.38. The van der Waals surface area contributed by atoms with Gasteiger partial charge in [-0.25, -0.2) is 8.78 Å². The normalized spacial score (nSPS) is 22.5. The molecule has 1 heterocycles. The van der Waals surface area contributed by atoms with Gasteiger partial charge in [0.05, 0.1) is 12.1 Å². The number of hydrogen-bond acceptors (Lipinski definition) is 3. The molecule has 0 radical (unpaired) electrons. The van der Waals surface area contributed by atoms with E-state index in [4.69, 9.17) is 22.7 Å². The van der Waals surface area contributed by atoms with Crippen LogP contribution in [0.3, 0.4) is 0 Å². The molecule has 0 spiro atoms. The van der Waals surface area contributed by atoms with Gasteiger partial charge in [-0.05, 0) is 25.5 Å². The highest BCUT2D eigenvalue weighted by molar-refractivity contribution is 7.80. The van der Waals surface area contributed by atoms with Gasteiger partial charge < -0.3 is 15.4 Å². The number of nitrogens with two attached hydrogens (primary N) is 1. The Balaban J connectivity index is 2.37. The number of ether oxygens (including phenoxy) is 1. The molecule has 0 aromatic heterocycles. The average molecular weight is 286 g/mol. The predicted molar refractivity (Wildman–Crippen MR) is 74.5 cm³/mol. The van der Waals surface area contributed by atoms with Crippen LogP contribution in [0.2, 0.25) is 0 Å². The number of thiocarbonyl (C=S) groups is 1. The first-order chi connectivity index (χ1) is 8.91. The van der Waals surface area contributed by atoms with Gasteiger partial charge in [-0.15, -0.1) is 0 Å². The minimum Gasteiger partial charge on any atom is -0.389 e. The summed E-state index contributed by atoms with van der Waals surface area (Å²) in [6, 6.07) is 2.29. The van der Waals surface area contributed by atoms with Gasteiger partial charge in [-0.2, -0.15) is 0 Å². The van der Waals surface area contributed by atoms with Crippen molar-refractivity contribution in [2.75, 3.05) is 18.6 Å². The molecule has 1 aromatic rings. The maximum Gasteiger partial charge on any atom is 0.150 e. The summed E-state index contributed by atoms with van der Waals surface area (Å²) in [7, 11) is 1.66. The zero-order valence-corrected chi connectivity index (χ0v) is 11.6. The third kappa shape index (κ3) is 2.69. The van der Waals surface area contributed by atoms with Gasteiger partial charge in [0.1, 0.15) is 22.3 Å². The molecule has 6 heteroatoms. The van der Waals surface area contributed by atoms with E-state index in [0.29, 0.717) is 6.61 Å². The molecule has 0 aliphatic carbocycles. The number of likely N-dealkylation sites (N-methyl/N-ethyl adjacent to an activating group) is 1. The molecule has 0 bridgehead atoms. The second-order valence-electron chi connectivity index (χ2n) is 4.70. The van der Waals surface area contributed by atoms with Gasteiger partial charge in [0, 0.05) is 19.2 Å². The lowest BCUT2D eigenvalue weighted by molar-refractivity contribution is 0.118. The second-order valence-corrected chi connectivity index (χ2v) is 5.14. The van der Waals surface area contributed by atoms with E-state index in [1.54, 1.807) is 11.9 Å². The molecule has 1 fully saturated rings. The number of anilines is 1. The molecule has 2 atom stereocenters. The van der Waals surface area contributed by atoms with Crippen LogP contribution in [0.5, 0.6) is 0 Å². The molecule has 0 amide bonds. The molecule has 2 N–H and O–H groups in total. The third-order valence-corrected chi connectivity index (χ3v) is 3.72. The average Bonchev–Trinajstić information content (AvgIpc) is 2.74. The number of nitrogens with zero attached hydrogens (tertiary/aromatic N) is 1. The summed E-state index contributed by atoms with van der Waals surface area (Å²) in [5.41, 5.74) is 5.51. The maximum atomic E-state index is 14.1. The van der Waals surface area contributed by atoms with Crippen LogP contribution in [0.1, 0.15) is 18.9 Å². The summed E-state index contributed by atoms with van der Waals surface area (Å²) in [6.07, 6.45) is 0.687. The van der Waals surface area contributed by atoms with E-state index in [9.17, 15) is 8.78 Å². The van der Waals surface area contributed by atoms with E-state index in [2.05, 4.69) is 0 Å². The van der Waals surface area contributed by atoms with Crippen molar-refractivity contribution >= 4 is 22.9 Å². The SMILES string of the molecule is CC1OCCC1N(C)c1c(F)cc(C(N)=S)cc1F. The van der Waals surface area contributed by atoms with Gasteiger partial charge in [-0.3, -0.25) is 0 Å². The molecular formula is C13H16F2N2OS. The summed E-state index contributed by atoms with van der Waals surface area (Å²) in [6.45, 7) is 2.50. The van der Waals surface area contributed by atoms with Crippen molar-refractivity contribution < 1.29 is 13.5 Å². The zero-order chi connectivity index (χ0) is 14.2. The van der Waals surface area contributed by atoms with E-state index in [0.717, 1.165) is 18.6 Å². The molecule has 104 valence electrons. The van der Waals surface area contributed by atoms with Crippen LogP contribution in [-0.2, 0) is 4.74 Å². The Hall–Kier alpha value is -1.27. The first-order valence-corrected chi connectivity index (χ1v) is 6.46. The highest BCUT2D eigenvalue weighted by Gasteiger charge is 2.31. The Labute approximate surface area is 116 Å². The minimum absolute atomic E-state index is 0.0235. The van der Waals surface area contributed by atoms with Crippen LogP contribution >= 0.6 is 12.2 Å². The van der Waals surface area contributed by atoms with E-state index in [1.807, 2.05) is 6.92 Å². The topological polar surface area (TPSA) is 38.5 Å². The summed E-state index contributed by atoms with van der Waals surface area (Å²) >= 11 is 4.73. The van der Waals surface area contributed by atoms with Crippen LogP contribution in [0.15, 0.2) is 12.1 Å². The fourth-order valence-electron chi connectivity index (χ4n) is 2.44. The highest BCUT2D eigenvalue weighted by atomic mass is 32.1. The maximum absolute atomic E-state index is 14.1. The molecule has 3 nitrogen and oxygen atoms in total. The van der Waals surface area contributed by atoms with Crippen LogP contribution in [0.4, 0.5) is 14.5 Å². The van der Waals surface area contributed by atoms with Crippen molar-refractivity contribution in [1.82, 2.24) is 0 Å². The van der Waals surface area contributed by atoms with E-state index >= 15 is 0 Å². The van der Waals surface area contributed by atoms with Crippen molar-refractivity contribution in [3.8, 4) is 0 Å². The minimum atomic E-state index is -0.663. The molecule has 19 heavy (non-hydrogen) atoms. The predicted octanol–water partition coefficient (Wildman–Crippen LogP) is 2.21. The van der Waals surface area contributed by atoms with Crippen LogP contribution < -0.4 is 10.6 Å². The van der Waals surface area contributed by atoms with E-state index in [-0.39, 0.29) is 28.4 Å². The largest absolute Gasteiger partial charge is 0.389 e. The number of hydrogen-bond donors (Lipinski definition) is 1. The van der Waals surface area contributed by atoms with Crippen LogP contribution in [-0.4, -0.2) is 30.8 Å². The molecule has 0 saturated carbocycles. The quantitative estimate of drug-likeness (QED) is 0.865. The molecule has 1 aromatic carbocycles. The summed E-state index contributed by atoms with van der Waals surface area (Å²) in [5.74, 6) is -1.33. The Bertz CT molecular complexity index is 486. The second kappa shape index (κ2) is 5.38. The zero-order valence-electron chi connectivity index (χ0n) is 10.8. The first kappa shape index (κ1) is 14.1. The van der Waals surface area contributed by atoms with Gasteiger partial charge in [0.2, 0.25) is 0 Å². The Kier molecular flexibility index (Phi) is 4.01. The van der Waals surface area contributed by atoms with Gasteiger partial charge in [0.25, 0.3) is 0 Å². The lowest BCUT2D eigenvalue weighted by atomic mass is 10.1. The Morgan fingerprint density at radius 1 is 1.42 bits per heavy atom. The van der Waals surface area contributed by atoms with Crippen molar-refractivity contribution in [2.45, 2.75) is 25.5 Å². The fraction of sp³-hybridized carbons (Fsp3) is 0.462. The van der Waals surface area contributed by atoms with Gasteiger partial charge in [0.15, 0.2) is 0 Å². The number of rotatable bonds is 3. The smallest absolute Gasteiger partial charge is 0.150 e. The number of halogens is 2. The lowest BCUT2D eigenvalue weighted by Gasteiger charge is -2.29. The molecular weight excluding hydrogens is 270 g/mol. The van der Waals surface area contributed by atoms with Crippen LogP contribution in [0.25, 0.3) is 0 Å². The standard InChI is InChI=1S/C13H16F2N2OS/c1-7-11(3-4-18-7)17(2)12-9(14)5-8(13(16)19)6-10(12)15/h5-7,11H,3-4H2,1-2H3,(H2,16,19). The highest BCUT2D eigenvalue weighted by Crippen LogP contribution is 2.29. The van der Waals surface area contributed by atoms with Crippen molar-refractivity contribution in [1.29, 1.82) is 0 Å². The van der Waals surface area contributed by atoms with Gasteiger partial charge >= 0.3 is 0 Å². The summed E-state index contributed by atoms with van der Waals surface area (Å²) < 4.78 is 33.6.